The number of aromatic nitrogens is 1. The first kappa shape index (κ1) is 14.1. The molecule has 0 spiro atoms. The second-order valence-corrected chi connectivity index (χ2v) is 3.27. The fourth-order valence-corrected chi connectivity index (χ4v) is 1.20. The van der Waals surface area contributed by atoms with Gasteiger partial charge in [0, 0.05) is 11.8 Å². The lowest BCUT2D eigenvalue weighted by molar-refractivity contribution is -0.276. The molecule has 5 nitrogen and oxygen atoms in total. The topological polar surface area (TPSA) is 68.4 Å². The lowest BCUT2D eigenvalue weighted by atomic mass is 10.2. The highest BCUT2D eigenvalue weighted by Gasteiger charge is 2.34. The van der Waals surface area contributed by atoms with Crippen LogP contribution in [-0.2, 0) is 4.74 Å². The van der Waals surface area contributed by atoms with E-state index < -0.39 is 29.2 Å². The molecule has 0 fully saturated rings. The molecule has 8 heteroatoms. The molecule has 0 unspecified atom stereocenters. The summed E-state index contributed by atoms with van der Waals surface area (Å²) in [5.74, 6) is -2.14. The van der Waals surface area contributed by atoms with Gasteiger partial charge in [-0.25, -0.2) is 4.79 Å². The third-order valence-corrected chi connectivity index (χ3v) is 1.93. The Morgan fingerprint density at radius 2 is 2.06 bits per heavy atom. The van der Waals surface area contributed by atoms with E-state index in [9.17, 15) is 22.8 Å². The van der Waals surface area contributed by atoms with E-state index in [1.54, 1.807) is 0 Å². The Bertz CT molecular complexity index is 507. The van der Waals surface area contributed by atoms with Crippen LogP contribution in [0, 0.1) is 6.92 Å². The molecule has 0 amide bonds. The van der Waals surface area contributed by atoms with Gasteiger partial charge >= 0.3 is 12.3 Å². The lowest BCUT2D eigenvalue weighted by Crippen LogP contribution is -2.26. The molecule has 0 aliphatic carbocycles. The fourth-order valence-electron chi connectivity index (χ4n) is 1.20. The first-order chi connectivity index (χ1) is 8.26. The van der Waals surface area contributed by atoms with Crippen molar-refractivity contribution in [2.45, 2.75) is 20.2 Å². The number of alkyl halides is 3. The van der Waals surface area contributed by atoms with Crippen LogP contribution in [0.2, 0.25) is 0 Å². The van der Waals surface area contributed by atoms with Crippen LogP contribution < -0.4 is 10.2 Å². The number of ether oxygens (including phenoxy) is 2. The highest BCUT2D eigenvalue weighted by molar-refractivity contribution is 5.91. The number of carbonyl (C=O) groups excluding carboxylic acids is 1. The number of H-pyrrole nitrogens is 1. The third-order valence-electron chi connectivity index (χ3n) is 1.93. The van der Waals surface area contributed by atoms with Gasteiger partial charge in [-0.1, -0.05) is 0 Å². The van der Waals surface area contributed by atoms with Gasteiger partial charge in [0.15, 0.2) is 5.56 Å². The van der Waals surface area contributed by atoms with Crippen molar-refractivity contribution in [3.8, 4) is 5.88 Å². The summed E-state index contributed by atoms with van der Waals surface area (Å²) in [5.41, 5.74) is -1.59. The van der Waals surface area contributed by atoms with Crippen molar-refractivity contribution in [2.75, 3.05) is 6.61 Å². The Labute approximate surface area is 99.5 Å². The number of halogens is 3. The van der Waals surface area contributed by atoms with Gasteiger partial charge in [-0.3, -0.25) is 4.79 Å². The van der Waals surface area contributed by atoms with Gasteiger partial charge < -0.3 is 14.5 Å². The number of hydrogen-bond donors (Lipinski definition) is 1. The Morgan fingerprint density at radius 1 is 1.44 bits per heavy atom. The molecular formula is C10H10F3NO4. The molecule has 1 aromatic heterocycles. The number of pyridine rings is 1. The second-order valence-electron chi connectivity index (χ2n) is 3.27. The molecule has 0 aromatic carbocycles. The summed E-state index contributed by atoms with van der Waals surface area (Å²) in [4.78, 5) is 25.2. The Kier molecular flexibility index (Phi) is 4.00. The second kappa shape index (κ2) is 5.11. The van der Waals surface area contributed by atoms with Crippen molar-refractivity contribution in [1.29, 1.82) is 0 Å². The molecule has 0 atom stereocenters. The lowest BCUT2D eigenvalue weighted by Gasteiger charge is -2.12. The zero-order valence-electron chi connectivity index (χ0n) is 9.55. The summed E-state index contributed by atoms with van der Waals surface area (Å²) in [6.07, 6.45) is -3.99. The summed E-state index contributed by atoms with van der Waals surface area (Å²) >= 11 is 0. The quantitative estimate of drug-likeness (QED) is 0.845. The molecule has 0 radical (unpaired) electrons. The van der Waals surface area contributed by atoms with E-state index in [0.717, 1.165) is 6.20 Å². The number of hydrogen-bond acceptors (Lipinski definition) is 4. The Balaban J connectivity index is 3.30. The largest absolute Gasteiger partial charge is 0.574 e. The van der Waals surface area contributed by atoms with Crippen LogP contribution in [0.5, 0.6) is 5.88 Å². The summed E-state index contributed by atoms with van der Waals surface area (Å²) < 4.78 is 44.4. The van der Waals surface area contributed by atoms with Crippen LogP contribution >= 0.6 is 0 Å². The normalized spacial score (nSPS) is 11.2. The van der Waals surface area contributed by atoms with Crippen molar-refractivity contribution in [3.05, 3.63) is 27.5 Å². The summed E-state index contributed by atoms with van der Waals surface area (Å²) in [7, 11) is 0. The van der Waals surface area contributed by atoms with Gasteiger partial charge in [-0.2, -0.15) is 0 Å². The van der Waals surface area contributed by atoms with Crippen LogP contribution in [0.4, 0.5) is 13.2 Å². The van der Waals surface area contributed by atoms with Gasteiger partial charge in [0.1, 0.15) is 0 Å². The summed E-state index contributed by atoms with van der Waals surface area (Å²) in [5, 5.41) is 0. The standard InChI is InChI=1S/C10H10F3NO4/c1-3-17-9(16)6-7(15)5(2)4-14-8(6)18-10(11,12)13/h4H,3H2,1-2H3,(H,14,15). The molecule has 0 aliphatic heterocycles. The zero-order valence-corrected chi connectivity index (χ0v) is 9.55. The molecule has 1 heterocycles. The van der Waals surface area contributed by atoms with E-state index >= 15 is 0 Å². The molecule has 0 bridgehead atoms. The first-order valence-corrected chi connectivity index (χ1v) is 4.91. The van der Waals surface area contributed by atoms with E-state index in [2.05, 4.69) is 14.5 Å². The predicted octanol–water partition coefficient (Wildman–Crippen LogP) is 1.76. The molecule has 1 N–H and O–H groups in total. The maximum atomic E-state index is 12.1. The van der Waals surface area contributed by atoms with E-state index in [-0.39, 0.29) is 12.2 Å². The van der Waals surface area contributed by atoms with Gasteiger partial charge in [0.2, 0.25) is 11.3 Å². The highest BCUT2D eigenvalue weighted by atomic mass is 19.4. The maximum Gasteiger partial charge on any atom is 0.574 e. The molecule has 100 valence electrons. The average molecular weight is 265 g/mol. The van der Waals surface area contributed by atoms with E-state index in [0.29, 0.717) is 0 Å². The van der Waals surface area contributed by atoms with Crippen LogP contribution in [0.3, 0.4) is 0 Å². The molecular weight excluding hydrogens is 255 g/mol. The summed E-state index contributed by atoms with van der Waals surface area (Å²) in [6, 6.07) is 0. The third kappa shape index (κ3) is 3.25. The van der Waals surface area contributed by atoms with Crippen LogP contribution in [0.1, 0.15) is 22.8 Å². The van der Waals surface area contributed by atoms with Gasteiger partial charge in [-0.05, 0) is 13.8 Å². The first-order valence-electron chi connectivity index (χ1n) is 4.91. The number of carbonyl (C=O) groups is 1. The van der Waals surface area contributed by atoms with Gasteiger partial charge in [0.25, 0.3) is 0 Å². The monoisotopic (exact) mass is 265 g/mol. The Morgan fingerprint density at radius 3 is 2.56 bits per heavy atom. The van der Waals surface area contributed by atoms with Crippen LogP contribution in [0.25, 0.3) is 0 Å². The Hall–Kier alpha value is -1.99. The van der Waals surface area contributed by atoms with Crippen molar-refractivity contribution < 1.29 is 27.4 Å². The molecule has 1 rings (SSSR count). The highest BCUT2D eigenvalue weighted by Crippen LogP contribution is 2.23. The van der Waals surface area contributed by atoms with Crippen LogP contribution in [-0.4, -0.2) is 23.9 Å². The molecule has 0 saturated heterocycles. The number of nitrogens with one attached hydrogen (secondary N) is 1. The predicted molar refractivity (Wildman–Crippen MR) is 54.4 cm³/mol. The van der Waals surface area contributed by atoms with Crippen molar-refractivity contribution >= 4 is 5.97 Å². The number of aromatic amines is 1. The van der Waals surface area contributed by atoms with Crippen molar-refractivity contribution in [2.24, 2.45) is 0 Å². The average Bonchev–Trinajstić information content (AvgIpc) is 2.22. The van der Waals surface area contributed by atoms with Gasteiger partial charge in [0.05, 0.1) is 6.61 Å². The minimum absolute atomic E-state index is 0.0718. The molecule has 0 saturated carbocycles. The number of rotatable bonds is 3. The van der Waals surface area contributed by atoms with E-state index in [1.807, 2.05) is 0 Å². The van der Waals surface area contributed by atoms with Crippen LogP contribution in [0.15, 0.2) is 11.0 Å². The number of esters is 1. The molecule has 1 aromatic rings. The summed E-state index contributed by atoms with van der Waals surface area (Å²) in [6.45, 7) is 2.74. The van der Waals surface area contributed by atoms with E-state index in [4.69, 9.17) is 0 Å². The van der Waals surface area contributed by atoms with Gasteiger partial charge in [-0.15, -0.1) is 13.2 Å². The minimum atomic E-state index is -5.01. The maximum absolute atomic E-state index is 12.1. The number of aryl methyl sites for hydroxylation is 1. The zero-order chi connectivity index (χ0) is 13.9. The van der Waals surface area contributed by atoms with Crippen molar-refractivity contribution in [3.63, 3.8) is 0 Å². The minimum Gasteiger partial charge on any atom is -0.462 e. The van der Waals surface area contributed by atoms with E-state index in [1.165, 1.54) is 13.8 Å². The van der Waals surface area contributed by atoms with Crippen molar-refractivity contribution in [1.82, 2.24) is 4.98 Å². The molecule has 0 aliphatic rings. The SMILES string of the molecule is CCOC(=O)c1c(OC(F)(F)F)[nH]cc(C)c1=O. The fraction of sp³-hybridized carbons (Fsp3) is 0.400. The smallest absolute Gasteiger partial charge is 0.462 e. The molecule has 18 heavy (non-hydrogen) atoms.